The number of nitrogens with one attached hydrogen (secondary N) is 1. The van der Waals surface area contributed by atoms with Crippen LogP contribution in [-0.2, 0) is 6.42 Å². The summed E-state index contributed by atoms with van der Waals surface area (Å²) in [5, 5.41) is 5.86. The quantitative estimate of drug-likeness (QED) is 0.914. The number of hydrogen-bond acceptors (Lipinski definition) is 4. The number of anilines is 1. The Morgan fingerprint density at radius 1 is 1.39 bits per heavy atom. The number of hydrogen-bond donors (Lipinski definition) is 1. The third kappa shape index (κ3) is 3.88. The van der Waals surface area contributed by atoms with Crippen molar-refractivity contribution in [3.05, 3.63) is 46.2 Å². The number of rotatable bonds is 5. The summed E-state index contributed by atoms with van der Waals surface area (Å²) < 4.78 is 13.7. The first kappa shape index (κ1) is 15.9. The van der Waals surface area contributed by atoms with Crippen LogP contribution in [-0.4, -0.2) is 30.5 Å². The molecule has 1 aliphatic heterocycles. The van der Waals surface area contributed by atoms with Crippen LogP contribution >= 0.6 is 11.3 Å². The number of carbonyl (C=O) groups excluding carboxylic acids is 1. The van der Waals surface area contributed by atoms with Crippen LogP contribution in [0, 0.1) is 12.7 Å². The molecule has 1 saturated heterocycles. The van der Waals surface area contributed by atoms with Crippen LogP contribution in [0.5, 0.6) is 0 Å². The van der Waals surface area contributed by atoms with Gasteiger partial charge in [0.05, 0.1) is 11.3 Å². The Morgan fingerprint density at radius 2 is 2.17 bits per heavy atom. The molecule has 0 unspecified atom stereocenters. The highest BCUT2D eigenvalue weighted by Crippen LogP contribution is 2.24. The fourth-order valence-corrected chi connectivity index (χ4v) is 3.59. The fraction of sp³-hybridized carbons (Fsp3) is 0.412. The number of nitrogens with zero attached hydrogens (tertiary/aromatic N) is 2. The molecule has 0 aliphatic carbocycles. The molecule has 23 heavy (non-hydrogen) atoms. The van der Waals surface area contributed by atoms with Crippen LogP contribution in [0.3, 0.4) is 0 Å². The van der Waals surface area contributed by atoms with E-state index in [2.05, 4.69) is 15.2 Å². The SMILES string of the molecule is Cc1ccc(F)c(C(=O)NCCc2csc(N3CCCC3)n2)c1. The zero-order valence-corrected chi connectivity index (χ0v) is 14.0. The number of aryl methyl sites for hydroxylation is 1. The molecule has 0 bridgehead atoms. The highest BCUT2D eigenvalue weighted by atomic mass is 32.1. The summed E-state index contributed by atoms with van der Waals surface area (Å²) >= 11 is 1.65. The topological polar surface area (TPSA) is 45.2 Å². The molecule has 122 valence electrons. The van der Waals surface area contributed by atoms with Crippen molar-refractivity contribution in [1.29, 1.82) is 0 Å². The van der Waals surface area contributed by atoms with Gasteiger partial charge in [-0.15, -0.1) is 11.3 Å². The second kappa shape index (κ2) is 7.08. The van der Waals surface area contributed by atoms with Crippen molar-refractivity contribution >= 4 is 22.4 Å². The lowest BCUT2D eigenvalue weighted by Gasteiger charge is -2.12. The lowest BCUT2D eigenvalue weighted by atomic mass is 10.1. The minimum absolute atomic E-state index is 0.0982. The first-order valence-corrected chi connectivity index (χ1v) is 8.75. The largest absolute Gasteiger partial charge is 0.352 e. The number of amides is 1. The monoisotopic (exact) mass is 333 g/mol. The predicted molar refractivity (Wildman–Crippen MR) is 90.7 cm³/mol. The van der Waals surface area contributed by atoms with E-state index in [1.807, 2.05) is 12.3 Å². The van der Waals surface area contributed by atoms with E-state index >= 15 is 0 Å². The van der Waals surface area contributed by atoms with E-state index in [0.717, 1.165) is 29.5 Å². The number of aromatic nitrogens is 1. The molecule has 1 aromatic heterocycles. The second-order valence-corrected chi connectivity index (χ2v) is 6.64. The van der Waals surface area contributed by atoms with Crippen molar-refractivity contribution in [2.24, 2.45) is 0 Å². The van der Waals surface area contributed by atoms with Gasteiger partial charge in [0.2, 0.25) is 0 Å². The molecule has 1 aliphatic rings. The Labute approximate surface area is 139 Å². The Morgan fingerprint density at radius 3 is 2.96 bits per heavy atom. The summed E-state index contributed by atoms with van der Waals surface area (Å²) in [7, 11) is 0. The van der Waals surface area contributed by atoms with Crippen molar-refractivity contribution < 1.29 is 9.18 Å². The van der Waals surface area contributed by atoms with E-state index in [1.165, 1.54) is 18.9 Å². The Balaban J connectivity index is 1.53. The van der Waals surface area contributed by atoms with Gasteiger partial charge in [0.25, 0.3) is 5.91 Å². The van der Waals surface area contributed by atoms with E-state index < -0.39 is 5.82 Å². The first-order chi connectivity index (χ1) is 11.1. The molecule has 1 amide bonds. The van der Waals surface area contributed by atoms with Crippen LogP contribution in [0.1, 0.15) is 34.5 Å². The third-order valence-corrected chi connectivity index (χ3v) is 4.90. The smallest absolute Gasteiger partial charge is 0.254 e. The summed E-state index contributed by atoms with van der Waals surface area (Å²) in [5.41, 5.74) is 1.94. The Hall–Kier alpha value is -1.95. The van der Waals surface area contributed by atoms with Crippen LogP contribution in [0.25, 0.3) is 0 Å². The maximum Gasteiger partial charge on any atom is 0.254 e. The van der Waals surface area contributed by atoms with E-state index in [9.17, 15) is 9.18 Å². The minimum Gasteiger partial charge on any atom is -0.352 e. The number of thiazole rings is 1. The molecule has 0 saturated carbocycles. The van der Waals surface area contributed by atoms with Gasteiger partial charge in [-0.25, -0.2) is 9.37 Å². The van der Waals surface area contributed by atoms with Gasteiger partial charge in [-0.05, 0) is 31.9 Å². The van der Waals surface area contributed by atoms with Gasteiger partial charge < -0.3 is 10.2 Å². The molecule has 4 nitrogen and oxygen atoms in total. The van der Waals surface area contributed by atoms with E-state index in [4.69, 9.17) is 0 Å². The van der Waals surface area contributed by atoms with Crippen LogP contribution < -0.4 is 10.2 Å². The molecule has 1 N–H and O–H groups in total. The summed E-state index contributed by atoms with van der Waals surface area (Å²) in [6, 6.07) is 4.55. The fourth-order valence-electron chi connectivity index (χ4n) is 2.68. The molecule has 3 rings (SSSR count). The van der Waals surface area contributed by atoms with Crippen molar-refractivity contribution in [2.75, 3.05) is 24.5 Å². The molecule has 1 fully saturated rings. The molecular formula is C17H20FN3OS. The van der Waals surface area contributed by atoms with Gasteiger partial charge in [0.1, 0.15) is 5.82 Å². The summed E-state index contributed by atoms with van der Waals surface area (Å²) in [5.74, 6) is -0.862. The molecule has 2 aromatic rings. The summed E-state index contributed by atoms with van der Waals surface area (Å²) in [4.78, 5) is 19.0. The van der Waals surface area contributed by atoms with Crippen LogP contribution in [0.2, 0.25) is 0 Å². The number of carbonyl (C=O) groups is 1. The lowest BCUT2D eigenvalue weighted by Crippen LogP contribution is -2.26. The number of halogens is 1. The molecule has 6 heteroatoms. The van der Waals surface area contributed by atoms with Gasteiger partial charge >= 0.3 is 0 Å². The van der Waals surface area contributed by atoms with Crippen molar-refractivity contribution in [3.63, 3.8) is 0 Å². The van der Waals surface area contributed by atoms with Gasteiger partial charge in [-0.1, -0.05) is 11.6 Å². The molecule has 0 spiro atoms. The zero-order chi connectivity index (χ0) is 16.2. The molecule has 0 radical (unpaired) electrons. The zero-order valence-electron chi connectivity index (χ0n) is 13.1. The maximum absolute atomic E-state index is 13.7. The van der Waals surface area contributed by atoms with Crippen LogP contribution in [0.15, 0.2) is 23.6 Å². The first-order valence-electron chi connectivity index (χ1n) is 7.87. The third-order valence-electron chi connectivity index (χ3n) is 3.95. The van der Waals surface area contributed by atoms with Crippen LogP contribution in [0.4, 0.5) is 9.52 Å². The van der Waals surface area contributed by atoms with Crippen molar-refractivity contribution in [3.8, 4) is 0 Å². The second-order valence-electron chi connectivity index (χ2n) is 5.80. The van der Waals surface area contributed by atoms with Crippen molar-refractivity contribution in [1.82, 2.24) is 10.3 Å². The van der Waals surface area contributed by atoms with E-state index in [-0.39, 0.29) is 11.5 Å². The maximum atomic E-state index is 13.7. The highest BCUT2D eigenvalue weighted by Gasteiger charge is 2.16. The van der Waals surface area contributed by atoms with Crippen molar-refractivity contribution in [2.45, 2.75) is 26.2 Å². The van der Waals surface area contributed by atoms with Gasteiger partial charge in [-0.2, -0.15) is 0 Å². The Bertz CT molecular complexity index is 695. The molecule has 0 atom stereocenters. The highest BCUT2D eigenvalue weighted by molar-refractivity contribution is 7.13. The number of benzene rings is 1. The molecule has 2 heterocycles. The van der Waals surface area contributed by atoms with E-state index in [1.54, 1.807) is 23.5 Å². The average molecular weight is 333 g/mol. The van der Waals surface area contributed by atoms with Gasteiger partial charge in [0.15, 0.2) is 5.13 Å². The van der Waals surface area contributed by atoms with E-state index in [0.29, 0.717) is 13.0 Å². The summed E-state index contributed by atoms with van der Waals surface area (Å²) in [6.07, 6.45) is 3.11. The lowest BCUT2D eigenvalue weighted by molar-refractivity contribution is 0.0950. The predicted octanol–water partition coefficient (Wildman–Crippen LogP) is 3.16. The average Bonchev–Trinajstić information content (AvgIpc) is 3.20. The van der Waals surface area contributed by atoms with Gasteiger partial charge in [0, 0.05) is 31.4 Å². The normalized spacial score (nSPS) is 14.3. The molecule has 1 aromatic carbocycles. The minimum atomic E-state index is -0.488. The van der Waals surface area contributed by atoms with Gasteiger partial charge in [-0.3, -0.25) is 4.79 Å². The Kier molecular flexibility index (Phi) is 4.91. The molecular weight excluding hydrogens is 313 g/mol. The standard InChI is InChI=1S/C17H20FN3OS/c1-12-4-5-15(18)14(10-12)16(22)19-7-6-13-11-23-17(20-13)21-8-2-3-9-21/h4-5,10-11H,2-3,6-9H2,1H3,(H,19,22). The summed E-state index contributed by atoms with van der Waals surface area (Å²) in [6.45, 7) is 4.45.